The number of hydrogen-bond donors (Lipinski definition) is 0. The van der Waals surface area contributed by atoms with Crippen LogP contribution in [0.5, 0.6) is 0 Å². The third-order valence-corrected chi connectivity index (χ3v) is 2.80. The molecule has 0 radical (unpaired) electrons. The lowest BCUT2D eigenvalue weighted by Crippen LogP contribution is -2.09. The molecule has 98 valence electrons. The molecule has 1 rings (SSSR count). The molecule has 0 aliphatic heterocycles. The summed E-state index contributed by atoms with van der Waals surface area (Å²) in [5.74, 6) is 0.820. The summed E-state index contributed by atoms with van der Waals surface area (Å²) in [4.78, 5) is 23.4. The minimum Gasteiger partial charge on any atom is -0.299 e. The molecule has 0 bridgehead atoms. The first-order chi connectivity index (χ1) is 8.40. The quantitative estimate of drug-likeness (QED) is 0.717. The standard InChI is InChI=1S/C16H22O2/c1-11(2)9-15(17)10-13-5-7-14(8-6-13)16(18)12(3)4/h5-8,11-12H,9-10H2,1-4H3. The van der Waals surface area contributed by atoms with Gasteiger partial charge in [0.25, 0.3) is 0 Å². The van der Waals surface area contributed by atoms with Gasteiger partial charge in [-0.15, -0.1) is 0 Å². The van der Waals surface area contributed by atoms with Crippen LogP contribution in [0.2, 0.25) is 0 Å². The lowest BCUT2D eigenvalue weighted by molar-refractivity contribution is -0.119. The summed E-state index contributed by atoms with van der Waals surface area (Å²) in [5, 5.41) is 0. The molecule has 0 aliphatic rings. The van der Waals surface area contributed by atoms with Gasteiger partial charge in [0.15, 0.2) is 5.78 Å². The molecule has 2 nitrogen and oxygen atoms in total. The van der Waals surface area contributed by atoms with E-state index in [0.717, 1.165) is 11.1 Å². The fourth-order valence-electron chi connectivity index (χ4n) is 1.88. The van der Waals surface area contributed by atoms with Gasteiger partial charge in [-0.05, 0) is 11.5 Å². The molecule has 0 N–H and O–H groups in total. The molecule has 1 aromatic carbocycles. The molecule has 0 heterocycles. The van der Waals surface area contributed by atoms with Gasteiger partial charge in [0.05, 0.1) is 0 Å². The molecule has 0 aromatic heterocycles. The Morgan fingerprint density at radius 1 is 1.00 bits per heavy atom. The molecule has 18 heavy (non-hydrogen) atoms. The van der Waals surface area contributed by atoms with Crippen molar-refractivity contribution in [2.24, 2.45) is 11.8 Å². The van der Waals surface area contributed by atoms with Crippen molar-refractivity contribution in [3.05, 3.63) is 35.4 Å². The molecule has 0 atom stereocenters. The second-order valence-corrected chi connectivity index (χ2v) is 5.53. The van der Waals surface area contributed by atoms with Crippen LogP contribution in [0.4, 0.5) is 0 Å². The molecule has 0 unspecified atom stereocenters. The summed E-state index contributed by atoms with van der Waals surface area (Å²) in [6.45, 7) is 7.87. The molecule has 0 amide bonds. The SMILES string of the molecule is CC(C)CC(=O)Cc1ccc(C(=O)C(C)C)cc1. The first kappa shape index (κ1) is 14.6. The molecule has 0 fully saturated rings. The molecule has 0 saturated carbocycles. The van der Waals surface area contributed by atoms with Crippen LogP contribution in [0.1, 0.15) is 50.0 Å². The number of benzene rings is 1. The van der Waals surface area contributed by atoms with E-state index < -0.39 is 0 Å². The number of ketones is 2. The van der Waals surface area contributed by atoms with Crippen LogP contribution in [-0.2, 0) is 11.2 Å². The molecular weight excluding hydrogens is 224 g/mol. The van der Waals surface area contributed by atoms with Gasteiger partial charge < -0.3 is 0 Å². The highest BCUT2D eigenvalue weighted by molar-refractivity contribution is 5.97. The molecule has 0 spiro atoms. The summed E-state index contributed by atoms with van der Waals surface area (Å²) >= 11 is 0. The van der Waals surface area contributed by atoms with E-state index in [1.54, 1.807) is 0 Å². The van der Waals surface area contributed by atoms with Crippen molar-refractivity contribution in [3.63, 3.8) is 0 Å². The van der Waals surface area contributed by atoms with E-state index >= 15 is 0 Å². The Labute approximate surface area is 109 Å². The van der Waals surface area contributed by atoms with Crippen LogP contribution in [0.25, 0.3) is 0 Å². The first-order valence-corrected chi connectivity index (χ1v) is 6.55. The molecule has 1 aromatic rings. The zero-order chi connectivity index (χ0) is 13.7. The Hall–Kier alpha value is -1.44. The molecule has 0 saturated heterocycles. The van der Waals surface area contributed by atoms with Gasteiger partial charge in [-0.2, -0.15) is 0 Å². The largest absolute Gasteiger partial charge is 0.299 e. The second-order valence-electron chi connectivity index (χ2n) is 5.53. The Bertz CT molecular complexity index is 413. The minimum absolute atomic E-state index is 0.0124. The van der Waals surface area contributed by atoms with E-state index in [9.17, 15) is 9.59 Å². The highest BCUT2D eigenvalue weighted by atomic mass is 16.1. The minimum atomic E-state index is 0.0124. The third kappa shape index (κ3) is 4.44. The van der Waals surface area contributed by atoms with E-state index in [1.807, 2.05) is 52.0 Å². The van der Waals surface area contributed by atoms with Crippen molar-refractivity contribution in [3.8, 4) is 0 Å². The average molecular weight is 246 g/mol. The van der Waals surface area contributed by atoms with Crippen molar-refractivity contribution in [1.29, 1.82) is 0 Å². The van der Waals surface area contributed by atoms with E-state index in [-0.39, 0.29) is 17.5 Å². The first-order valence-electron chi connectivity index (χ1n) is 6.55. The summed E-state index contributed by atoms with van der Waals surface area (Å²) in [7, 11) is 0. The second kappa shape index (κ2) is 6.48. The van der Waals surface area contributed by atoms with Crippen LogP contribution in [0.15, 0.2) is 24.3 Å². The Morgan fingerprint density at radius 3 is 2.00 bits per heavy atom. The van der Waals surface area contributed by atoms with Gasteiger partial charge in [-0.3, -0.25) is 9.59 Å². The van der Waals surface area contributed by atoms with Gasteiger partial charge in [0.2, 0.25) is 0 Å². The maximum Gasteiger partial charge on any atom is 0.165 e. The summed E-state index contributed by atoms with van der Waals surface area (Å²) < 4.78 is 0. The lowest BCUT2D eigenvalue weighted by atomic mass is 9.97. The summed E-state index contributed by atoms with van der Waals surface area (Å²) in [5.41, 5.74) is 1.71. The highest BCUT2D eigenvalue weighted by Crippen LogP contribution is 2.12. The van der Waals surface area contributed by atoms with E-state index in [2.05, 4.69) is 0 Å². The maximum absolute atomic E-state index is 11.8. The molecule has 0 aliphatic carbocycles. The topological polar surface area (TPSA) is 34.1 Å². The fourth-order valence-corrected chi connectivity index (χ4v) is 1.88. The van der Waals surface area contributed by atoms with Crippen LogP contribution in [-0.4, -0.2) is 11.6 Å². The smallest absolute Gasteiger partial charge is 0.165 e. The van der Waals surface area contributed by atoms with Crippen molar-refractivity contribution >= 4 is 11.6 Å². The Morgan fingerprint density at radius 2 is 1.56 bits per heavy atom. The zero-order valence-corrected chi connectivity index (χ0v) is 11.7. The van der Waals surface area contributed by atoms with Crippen molar-refractivity contribution < 1.29 is 9.59 Å². The van der Waals surface area contributed by atoms with Crippen molar-refractivity contribution in [2.75, 3.05) is 0 Å². The van der Waals surface area contributed by atoms with Crippen LogP contribution in [0.3, 0.4) is 0 Å². The molecule has 2 heteroatoms. The van der Waals surface area contributed by atoms with E-state index in [0.29, 0.717) is 18.8 Å². The number of rotatable bonds is 6. The summed E-state index contributed by atoms with van der Waals surface area (Å²) in [6.07, 6.45) is 1.08. The predicted molar refractivity (Wildman–Crippen MR) is 73.8 cm³/mol. The van der Waals surface area contributed by atoms with E-state index in [4.69, 9.17) is 0 Å². The monoisotopic (exact) mass is 246 g/mol. The van der Waals surface area contributed by atoms with Crippen LogP contribution < -0.4 is 0 Å². The zero-order valence-electron chi connectivity index (χ0n) is 11.7. The van der Waals surface area contributed by atoms with Crippen molar-refractivity contribution in [1.82, 2.24) is 0 Å². The van der Waals surface area contributed by atoms with Gasteiger partial charge in [0.1, 0.15) is 5.78 Å². The number of carbonyl (C=O) groups is 2. The Kier molecular flexibility index (Phi) is 5.26. The number of Topliss-reactive ketones (excluding diaryl/α,β-unsaturated/α-hetero) is 2. The van der Waals surface area contributed by atoms with Crippen molar-refractivity contribution in [2.45, 2.75) is 40.5 Å². The maximum atomic E-state index is 11.8. The van der Waals surface area contributed by atoms with Gasteiger partial charge in [-0.1, -0.05) is 52.0 Å². The average Bonchev–Trinajstić information content (AvgIpc) is 2.27. The normalized spacial score (nSPS) is 11.0. The van der Waals surface area contributed by atoms with E-state index in [1.165, 1.54) is 0 Å². The van der Waals surface area contributed by atoms with Gasteiger partial charge in [-0.25, -0.2) is 0 Å². The van der Waals surface area contributed by atoms with Crippen LogP contribution >= 0.6 is 0 Å². The molecular formula is C16H22O2. The highest BCUT2D eigenvalue weighted by Gasteiger charge is 2.11. The third-order valence-electron chi connectivity index (χ3n) is 2.80. The van der Waals surface area contributed by atoms with Gasteiger partial charge >= 0.3 is 0 Å². The van der Waals surface area contributed by atoms with Crippen LogP contribution in [0, 0.1) is 11.8 Å². The lowest BCUT2D eigenvalue weighted by Gasteiger charge is -2.06. The Balaban J connectivity index is 2.66. The fraction of sp³-hybridized carbons (Fsp3) is 0.500. The van der Waals surface area contributed by atoms with Gasteiger partial charge in [0, 0.05) is 24.3 Å². The number of carbonyl (C=O) groups excluding carboxylic acids is 2. The summed E-state index contributed by atoms with van der Waals surface area (Å²) in [6, 6.07) is 7.41. The number of hydrogen-bond acceptors (Lipinski definition) is 2. The predicted octanol–water partition coefficient (Wildman–Crippen LogP) is 3.68.